The summed E-state index contributed by atoms with van der Waals surface area (Å²) in [6.07, 6.45) is -1.16. The van der Waals surface area contributed by atoms with Crippen molar-refractivity contribution in [3.8, 4) is 11.1 Å². The summed E-state index contributed by atoms with van der Waals surface area (Å²) < 4.78 is 47.5. The monoisotopic (exact) mass is 484 g/mol. The van der Waals surface area contributed by atoms with Crippen LogP contribution in [-0.2, 0) is 9.53 Å². The van der Waals surface area contributed by atoms with Gasteiger partial charge >= 0.3 is 18.0 Å². The Balaban J connectivity index is 1.36. The average molecular weight is 484 g/mol. The number of ether oxygens (including phenoxy) is 1. The lowest BCUT2D eigenvalue weighted by atomic mass is 9.98. The predicted molar refractivity (Wildman–Crippen MR) is 120 cm³/mol. The number of hydrogen-bond acceptors (Lipinski definition) is 4. The molecule has 35 heavy (non-hydrogen) atoms. The van der Waals surface area contributed by atoms with Crippen LogP contribution in [0.5, 0.6) is 0 Å². The molecule has 3 aromatic carbocycles. The minimum atomic E-state index is -4.13. The minimum Gasteiger partial charge on any atom is -0.478 e. The Morgan fingerprint density at radius 2 is 1.51 bits per heavy atom. The molecule has 1 aliphatic rings. The molecule has 0 aromatic heterocycles. The maximum Gasteiger partial charge on any atom is 0.407 e. The van der Waals surface area contributed by atoms with Crippen LogP contribution < -0.4 is 10.6 Å². The third kappa shape index (κ3) is 4.81. The lowest BCUT2D eigenvalue weighted by Gasteiger charge is -2.18. The summed E-state index contributed by atoms with van der Waals surface area (Å²) in [6.45, 7) is -1.52. The van der Waals surface area contributed by atoms with E-state index in [9.17, 15) is 27.6 Å². The van der Waals surface area contributed by atoms with E-state index in [1.54, 1.807) is 5.32 Å². The van der Waals surface area contributed by atoms with Crippen molar-refractivity contribution in [2.24, 2.45) is 0 Å². The van der Waals surface area contributed by atoms with E-state index in [0.29, 0.717) is 0 Å². The molecule has 0 saturated carbocycles. The number of alkyl halides is 2. The molecule has 0 bridgehead atoms. The first-order valence-corrected chi connectivity index (χ1v) is 10.5. The fraction of sp³-hybridized carbons (Fsp3) is 0.160. The van der Waals surface area contributed by atoms with E-state index in [0.717, 1.165) is 40.5 Å². The van der Waals surface area contributed by atoms with Crippen LogP contribution in [0, 0.1) is 5.82 Å². The van der Waals surface area contributed by atoms with Gasteiger partial charge in [-0.05, 0) is 34.4 Å². The van der Waals surface area contributed by atoms with Crippen molar-refractivity contribution in [1.82, 2.24) is 5.32 Å². The summed E-state index contributed by atoms with van der Waals surface area (Å²) in [5.74, 6) is -9.26. The van der Waals surface area contributed by atoms with Gasteiger partial charge in [0, 0.05) is 5.92 Å². The van der Waals surface area contributed by atoms with E-state index in [-0.39, 0.29) is 12.5 Å². The number of anilines is 1. The summed E-state index contributed by atoms with van der Waals surface area (Å²) in [5.41, 5.74) is 2.28. The third-order valence-electron chi connectivity index (χ3n) is 5.61. The zero-order valence-electron chi connectivity index (χ0n) is 18.1. The summed E-state index contributed by atoms with van der Waals surface area (Å²) in [4.78, 5) is 35.3. The van der Waals surface area contributed by atoms with Crippen molar-refractivity contribution in [3.63, 3.8) is 0 Å². The Kier molecular flexibility index (Phi) is 6.46. The number of rotatable bonds is 7. The number of alkyl carbamates (subject to hydrolysis) is 1. The van der Waals surface area contributed by atoms with Gasteiger partial charge in [-0.25, -0.2) is 14.0 Å². The third-order valence-corrected chi connectivity index (χ3v) is 5.61. The molecule has 180 valence electrons. The van der Waals surface area contributed by atoms with Crippen LogP contribution >= 0.6 is 0 Å². The molecule has 1 aliphatic carbocycles. The van der Waals surface area contributed by atoms with Gasteiger partial charge in [0.15, 0.2) is 0 Å². The molecule has 4 rings (SSSR count). The zero-order chi connectivity index (χ0) is 25.2. The highest BCUT2D eigenvalue weighted by molar-refractivity contribution is 6.03. The number of carboxylic acid groups (broad SMARTS) is 1. The number of halogens is 3. The quantitative estimate of drug-likeness (QED) is 0.453. The Morgan fingerprint density at radius 1 is 0.914 bits per heavy atom. The van der Waals surface area contributed by atoms with Gasteiger partial charge in [-0.1, -0.05) is 54.6 Å². The zero-order valence-corrected chi connectivity index (χ0v) is 18.1. The van der Waals surface area contributed by atoms with Crippen LogP contribution in [-0.4, -0.2) is 42.2 Å². The molecule has 2 amide bonds. The fourth-order valence-corrected chi connectivity index (χ4v) is 3.97. The number of aromatic carboxylic acids is 1. The van der Waals surface area contributed by atoms with Crippen LogP contribution in [0.4, 0.5) is 23.7 Å². The lowest BCUT2D eigenvalue weighted by molar-refractivity contribution is -0.138. The number of carbonyl (C=O) groups is 3. The number of carboxylic acids is 1. The summed E-state index contributed by atoms with van der Waals surface area (Å²) in [6, 6.07) is 18.0. The van der Waals surface area contributed by atoms with Crippen LogP contribution in [0.25, 0.3) is 11.1 Å². The van der Waals surface area contributed by atoms with Gasteiger partial charge in [-0.2, -0.15) is 8.78 Å². The number of hydrogen-bond donors (Lipinski definition) is 3. The van der Waals surface area contributed by atoms with E-state index >= 15 is 0 Å². The smallest absolute Gasteiger partial charge is 0.407 e. The molecule has 0 heterocycles. The van der Waals surface area contributed by atoms with Crippen LogP contribution in [0.2, 0.25) is 0 Å². The molecule has 0 unspecified atom stereocenters. The Bertz CT molecular complexity index is 1270. The molecule has 10 heteroatoms. The number of fused-ring (bicyclic) bond motifs is 3. The van der Waals surface area contributed by atoms with Crippen molar-refractivity contribution < 1.29 is 37.4 Å². The molecule has 0 saturated heterocycles. The summed E-state index contributed by atoms with van der Waals surface area (Å²) >= 11 is 0. The maximum absolute atomic E-state index is 14.3. The highest BCUT2D eigenvalue weighted by Crippen LogP contribution is 2.44. The molecule has 0 fully saturated rings. The molecule has 3 N–H and O–H groups in total. The number of benzene rings is 3. The SMILES string of the molecule is O=C(NCC(F)(F)C(=O)Nc1cccc(F)c1C(=O)O)OCC1c2ccccc2-c2ccccc21. The lowest BCUT2D eigenvalue weighted by Crippen LogP contribution is -2.45. The number of carbonyl (C=O) groups excluding carboxylic acids is 2. The first-order valence-electron chi connectivity index (χ1n) is 10.5. The molecule has 0 spiro atoms. The molecular weight excluding hydrogens is 465 g/mol. The standard InChI is InChI=1S/C25H19F3N2O5/c26-19-10-5-11-20(21(19)22(31)32)30-23(33)25(27,28)13-29-24(34)35-12-18-16-8-3-1-6-14(16)15-7-2-4-9-17(15)18/h1-11,18H,12-13H2,(H,29,34)(H,30,33)(H,31,32). The Labute approximate surface area is 197 Å². The van der Waals surface area contributed by atoms with Gasteiger partial charge in [0.05, 0.1) is 12.2 Å². The van der Waals surface area contributed by atoms with Crippen molar-refractivity contribution >= 4 is 23.7 Å². The molecule has 0 atom stereocenters. The van der Waals surface area contributed by atoms with Gasteiger partial charge in [0.25, 0.3) is 5.91 Å². The van der Waals surface area contributed by atoms with Gasteiger partial charge in [0.1, 0.15) is 18.0 Å². The van der Waals surface area contributed by atoms with Gasteiger partial charge in [0.2, 0.25) is 0 Å². The Morgan fingerprint density at radius 3 is 2.11 bits per heavy atom. The van der Waals surface area contributed by atoms with Crippen molar-refractivity contribution in [2.45, 2.75) is 11.8 Å². The van der Waals surface area contributed by atoms with Crippen LogP contribution in [0.1, 0.15) is 27.4 Å². The average Bonchev–Trinajstić information content (AvgIpc) is 3.15. The normalized spacial score (nSPS) is 12.4. The van der Waals surface area contributed by atoms with Crippen molar-refractivity contribution in [3.05, 3.63) is 89.2 Å². The van der Waals surface area contributed by atoms with Crippen molar-refractivity contribution in [2.75, 3.05) is 18.5 Å². The number of nitrogens with one attached hydrogen (secondary N) is 2. The highest BCUT2D eigenvalue weighted by atomic mass is 19.3. The number of amides is 2. The Hall–Kier alpha value is -4.34. The summed E-state index contributed by atoms with van der Waals surface area (Å²) in [7, 11) is 0. The second-order valence-corrected chi connectivity index (χ2v) is 7.81. The van der Waals surface area contributed by atoms with Crippen LogP contribution in [0.15, 0.2) is 66.7 Å². The second kappa shape index (κ2) is 9.49. The van der Waals surface area contributed by atoms with Crippen molar-refractivity contribution in [1.29, 1.82) is 0 Å². The largest absolute Gasteiger partial charge is 0.478 e. The fourth-order valence-electron chi connectivity index (χ4n) is 3.97. The molecule has 0 aliphatic heterocycles. The van der Waals surface area contributed by atoms with E-state index in [1.807, 2.05) is 53.8 Å². The van der Waals surface area contributed by atoms with E-state index in [1.165, 1.54) is 0 Å². The second-order valence-electron chi connectivity index (χ2n) is 7.81. The van der Waals surface area contributed by atoms with E-state index in [2.05, 4.69) is 0 Å². The van der Waals surface area contributed by atoms with Gasteiger partial charge in [-0.3, -0.25) is 4.79 Å². The first kappa shape index (κ1) is 23.8. The maximum atomic E-state index is 14.3. The van der Waals surface area contributed by atoms with E-state index < -0.39 is 47.5 Å². The van der Waals surface area contributed by atoms with Gasteiger partial charge in [-0.15, -0.1) is 0 Å². The van der Waals surface area contributed by atoms with Crippen LogP contribution in [0.3, 0.4) is 0 Å². The molecule has 0 radical (unpaired) electrons. The summed E-state index contributed by atoms with van der Waals surface area (Å²) in [5, 5.41) is 12.6. The molecular formula is C25H19F3N2O5. The van der Waals surface area contributed by atoms with E-state index in [4.69, 9.17) is 9.84 Å². The predicted octanol–water partition coefficient (Wildman–Crippen LogP) is 4.64. The first-order chi connectivity index (χ1) is 16.7. The molecule has 3 aromatic rings. The highest BCUT2D eigenvalue weighted by Gasteiger charge is 2.40. The molecule has 7 nitrogen and oxygen atoms in total. The minimum absolute atomic E-state index is 0.108. The topological polar surface area (TPSA) is 105 Å². The van der Waals surface area contributed by atoms with Gasteiger partial charge < -0.3 is 20.5 Å².